The van der Waals surface area contributed by atoms with Gasteiger partial charge in [-0.1, -0.05) is 11.6 Å². The maximum Gasteiger partial charge on any atom is 0.265 e. The Morgan fingerprint density at radius 1 is 1.33 bits per heavy atom. The Balaban J connectivity index is 2.06. The lowest BCUT2D eigenvalue weighted by Gasteiger charge is -2.17. The molecule has 0 aliphatic carbocycles. The van der Waals surface area contributed by atoms with E-state index in [0.717, 1.165) is 10.9 Å². The van der Waals surface area contributed by atoms with Gasteiger partial charge in [-0.2, -0.15) is 5.10 Å². The van der Waals surface area contributed by atoms with Crippen molar-refractivity contribution in [3.8, 4) is 0 Å². The molecule has 0 aromatic carbocycles. The van der Waals surface area contributed by atoms with E-state index in [-0.39, 0.29) is 10.6 Å². The molecule has 5 nitrogen and oxygen atoms in total. The van der Waals surface area contributed by atoms with Crippen molar-refractivity contribution in [3.05, 3.63) is 41.3 Å². The first-order chi connectivity index (χ1) is 10.1. The second-order valence-electron chi connectivity index (χ2n) is 4.39. The van der Waals surface area contributed by atoms with Crippen molar-refractivity contribution >= 4 is 34.1 Å². The minimum absolute atomic E-state index is 0.0595. The molecule has 3 heterocycles. The molecular weight excluding hydrogens is 300 g/mol. The van der Waals surface area contributed by atoms with Gasteiger partial charge < -0.3 is 4.90 Å². The van der Waals surface area contributed by atoms with Crippen molar-refractivity contribution in [2.45, 2.75) is 6.43 Å². The van der Waals surface area contributed by atoms with Crippen molar-refractivity contribution < 1.29 is 8.78 Å². The second-order valence-corrected chi connectivity index (χ2v) is 4.80. The molecule has 0 radical (unpaired) electrons. The molecule has 0 spiro atoms. The van der Waals surface area contributed by atoms with Crippen molar-refractivity contribution in [2.24, 2.45) is 0 Å². The van der Waals surface area contributed by atoms with Crippen LogP contribution < -0.4 is 4.90 Å². The van der Waals surface area contributed by atoms with E-state index in [1.165, 1.54) is 12.3 Å². The number of hydrogen-bond donors (Lipinski definition) is 1. The third kappa shape index (κ3) is 2.40. The van der Waals surface area contributed by atoms with Gasteiger partial charge in [-0.25, -0.2) is 13.8 Å². The first-order valence-corrected chi connectivity index (χ1v) is 6.41. The number of anilines is 2. The molecule has 0 fully saturated rings. The van der Waals surface area contributed by atoms with Gasteiger partial charge >= 0.3 is 0 Å². The zero-order valence-electron chi connectivity index (χ0n) is 10.9. The Kier molecular flexibility index (Phi) is 3.42. The number of H-pyrrole nitrogens is 1. The average Bonchev–Trinajstić information content (AvgIpc) is 2.90. The number of nitrogens with one attached hydrogen (secondary N) is 1. The van der Waals surface area contributed by atoms with Crippen LogP contribution in [0.15, 0.2) is 30.7 Å². The topological polar surface area (TPSA) is 57.7 Å². The molecule has 0 atom stereocenters. The van der Waals surface area contributed by atoms with Crippen LogP contribution in [0.3, 0.4) is 0 Å². The van der Waals surface area contributed by atoms with E-state index in [1.807, 2.05) is 0 Å². The molecule has 3 aromatic heterocycles. The third-order valence-corrected chi connectivity index (χ3v) is 3.43. The van der Waals surface area contributed by atoms with E-state index >= 15 is 0 Å². The van der Waals surface area contributed by atoms with Crippen molar-refractivity contribution in [1.82, 2.24) is 20.2 Å². The van der Waals surface area contributed by atoms with Crippen LogP contribution in [0, 0.1) is 0 Å². The fourth-order valence-electron chi connectivity index (χ4n) is 2.00. The summed E-state index contributed by atoms with van der Waals surface area (Å²) in [4.78, 5) is 9.70. The van der Waals surface area contributed by atoms with Crippen molar-refractivity contribution in [2.75, 3.05) is 11.9 Å². The zero-order chi connectivity index (χ0) is 15.0. The van der Waals surface area contributed by atoms with E-state index < -0.39 is 6.43 Å². The summed E-state index contributed by atoms with van der Waals surface area (Å²) in [5.74, 6) is 0.875. The van der Waals surface area contributed by atoms with E-state index in [2.05, 4.69) is 20.2 Å². The number of fused-ring (bicyclic) bond motifs is 1. The summed E-state index contributed by atoms with van der Waals surface area (Å²) in [6.45, 7) is 0. The van der Waals surface area contributed by atoms with Crippen LogP contribution in [0.5, 0.6) is 0 Å². The number of aromatic amines is 1. The van der Waals surface area contributed by atoms with Crippen LogP contribution in [-0.2, 0) is 0 Å². The molecule has 0 aliphatic heterocycles. The van der Waals surface area contributed by atoms with E-state index in [9.17, 15) is 8.78 Å². The Morgan fingerprint density at radius 2 is 2.14 bits per heavy atom. The van der Waals surface area contributed by atoms with Crippen LogP contribution >= 0.6 is 11.6 Å². The fourth-order valence-corrected chi connectivity index (χ4v) is 2.19. The molecule has 0 saturated carbocycles. The van der Waals surface area contributed by atoms with Gasteiger partial charge in [0.1, 0.15) is 5.82 Å². The van der Waals surface area contributed by atoms with Gasteiger partial charge in [-0.05, 0) is 12.1 Å². The smallest absolute Gasteiger partial charge is 0.265 e. The van der Waals surface area contributed by atoms with Gasteiger partial charge in [0.2, 0.25) is 0 Å². The van der Waals surface area contributed by atoms with Gasteiger partial charge in [0.25, 0.3) is 6.43 Å². The lowest BCUT2D eigenvalue weighted by Crippen LogP contribution is -2.12. The highest BCUT2D eigenvalue weighted by molar-refractivity contribution is 6.31. The van der Waals surface area contributed by atoms with Crippen LogP contribution in [0.1, 0.15) is 12.0 Å². The third-order valence-electron chi connectivity index (χ3n) is 3.11. The van der Waals surface area contributed by atoms with E-state index in [4.69, 9.17) is 11.6 Å². The molecule has 8 heteroatoms. The standard InChI is InChI=1S/C13H10ClF2N5/c1-21(11-4-7(12(15)16)9(14)6-18-11)13-8-5-17-3-2-10(8)19-20-13/h2-6,12H,1H3,(H,19,20). The molecule has 0 saturated heterocycles. The molecule has 0 amide bonds. The average molecular weight is 310 g/mol. The number of rotatable bonds is 3. The predicted molar refractivity (Wildman–Crippen MR) is 76.2 cm³/mol. The van der Waals surface area contributed by atoms with Gasteiger partial charge in [0, 0.05) is 31.2 Å². The highest BCUT2D eigenvalue weighted by atomic mass is 35.5. The van der Waals surface area contributed by atoms with Gasteiger partial charge in [0.15, 0.2) is 5.82 Å². The first kappa shape index (κ1) is 13.7. The zero-order valence-corrected chi connectivity index (χ0v) is 11.6. The van der Waals surface area contributed by atoms with Gasteiger partial charge in [0.05, 0.1) is 15.9 Å². The summed E-state index contributed by atoms with van der Waals surface area (Å²) in [6.07, 6.45) is 1.83. The largest absolute Gasteiger partial charge is 0.312 e. The number of halogens is 3. The minimum Gasteiger partial charge on any atom is -0.312 e. The molecule has 3 rings (SSSR count). The maximum absolute atomic E-state index is 12.9. The second kappa shape index (κ2) is 5.25. The van der Waals surface area contributed by atoms with Crippen LogP contribution in [-0.4, -0.2) is 27.2 Å². The summed E-state index contributed by atoms with van der Waals surface area (Å²) in [5.41, 5.74) is 0.543. The lowest BCUT2D eigenvalue weighted by molar-refractivity contribution is 0.151. The minimum atomic E-state index is -2.66. The number of alkyl halides is 2. The molecule has 1 N–H and O–H groups in total. The molecule has 21 heavy (non-hydrogen) atoms. The van der Waals surface area contributed by atoms with Gasteiger partial charge in [-0.15, -0.1) is 0 Å². The molecule has 0 aliphatic rings. The fraction of sp³-hybridized carbons (Fsp3) is 0.154. The number of pyridine rings is 2. The predicted octanol–water partition coefficient (Wildman–Crippen LogP) is 3.71. The summed E-state index contributed by atoms with van der Waals surface area (Å²) >= 11 is 5.72. The highest BCUT2D eigenvalue weighted by Gasteiger charge is 2.18. The Hall–Kier alpha value is -2.28. The number of aromatic nitrogens is 4. The number of hydrogen-bond acceptors (Lipinski definition) is 4. The van der Waals surface area contributed by atoms with Gasteiger partial charge in [-0.3, -0.25) is 10.1 Å². The monoisotopic (exact) mass is 309 g/mol. The lowest BCUT2D eigenvalue weighted by atomic mass is 10.2. The summed E-state index contributed by atoms with van der Waals surface area (Å²) in [7, 11) is 1.69. The molecule has 108 valence electrons. The maximum atomic E-state index is 12.9. The van der Waals surface area contributed by atoms with Crippen LogP contribution in [0.4, 0.5) is 20.4 Å². The molecule has 0 bridgehead atoms. The van der Waals surface area contributed by atoms with E-state index in [0.29, 0.717) is 11.6 Å². The highest BCUT2D eigenvalue weighted by Crippen LogP contribution is 2.32. The summed E-state index contributed by atoms with van der Waals surface area (Å²) in [5, 5.41) is 7.74. The Labute approximate surface area is 123 Å². The normalized spacial score (nSPS) is 11.3. The van der Waals surface area contributed by atoms with Crippen LogP contribution in [0.25, 0.3) is 10.9 Å². The molecule has 3 aromatic rings. The van der Waals surface area contributed by atoms with Crippen molar-refractivity contribution in [3.63, 3.8) is 0 Å². The van der Waals surface area contributed by atoms with Crippen molar-refractivity contribution in [1.29, 1.82) is 0 Å². The number of nitrogens with zero attached hydrogens (tertiary/aromatic N) is 4. The molecular formula is C13H10ClF2N5. The quantitative estimate of drug-likeness (QED) is 0.801. The first-order valence-electron chi connectivity index (χ1n) is 6.03. The summed E-state index contributed by atoms with van der Waals surface area (Å²) < 4.78 is 25.8. The Bertz CT molecular complexity index is 789. The Morgan fingerprint density at radius 3 is 2.90 bits per heavy atom. The van der Waals surface area contributed by atoms with E-state index in [1.54, 1.807) is 30.4 Å². The molecule has 0 unspecified atom stereocenters. The van der Waals surface area contributed by atoms with Crippen LogP contribution in [0.2, 0.25) is 5.02 Å². The summed E-state index contributed by atoms with van der Waals surface area (Å²) in [6, 6.07) is 3.03. The SMILES string of the molecule is CN(c1cc(C(F)F)c(Cl)cn1)c1n[nH]c2ccncc12.